The molecule has 1 aromatic carbocycles. The van der Waals surface area contributed by atoms with E-state index in [0.29, 0.717) is 30.9 Å². The fraction of sp³-hybridized carbons (Fsp3) is 0.500. The van der Waals surface area contributed by atoms with Crippen LogP contribution >= 0.6 is 0 Å². The monoisotopic (exact) mass is 287 g/mol. The fourth-order valence-corrected chi connectivity index (χ4v) is 2.93. The number of nitrogens with two attached hydrogens (primary N) is 1. The van der Waals surface area contributed by atoms with Crippen LogP contribution in [0.3, 0.4) is 0 Å². The van der Waals surface area contributed by atoms with E-state index in [0.717, 1.165) is 0 Å². The van der Waals surface area contributed by atoms with Crippen molar-refractivity contribution >= 4 is 21.6 Å². The van der Waals surface area contributed by atoms with E-state index in [2.05, 4.69) is 4.72 Å². The largest absolute Gasteiger partial charge is 0.399 e. The molecule has 0 saturated carbocycles. The second kappa shape index (κ2) is 7.32. The summed E-state index contributed by atoms with van der Waals surface area (Å²) in [5.41, 5.74) is 6.79. The van der Waals surface area contributed by atoms with Gasteiger partial charge in [-0.15, -0.1) is 0 Å². The first-order chi connectivity index (χ1) is 9.01. The second-order valence-corrected chi connectivity index (χ2v) is 5.74. The van der Waals surface area contributed by atoms with Crippen LogP contribution in [0.5, 0.6) is 0 Å². The number of ether oxygens (including phenoxy) is 1. The highest BCUT2D eigenvalue weighted by Gasteiger charge is 2.21. The number of nitrogens with one attached hydrogen (secondary N) is 1. The molecule has 0 saturated heterocycles. The molecule has 0 aliphatic rings. The zero-order valence-electron chi connectivity index (χ0n) is 11.3. The highest BCUT2D eigenvalue weighted by Crippen LogP contribution is 2.20. The van der Waals surface area contributed by atoms with Gasteiger partial charge in [-0.3, -0.25) is 4.31 Å². The zero-order valence-corrected chi connectivity index (χ0v) is 12.1. The summed E-state index contributed by atoms with van der Waals surface area (Å²) in [7, 11) is -2.05. The van der Waals surface area contributed by atoms with Crippen LogP contribution in [0.2, 0.25) is 0 Å². The van der Waals surface area contributed by atoms with Crippen LogP contribution in [0.4, 0.5) is 11.4 Å². The van der Waals surface area contributed by atoms with Gasteiger partial charge in [-0.2, -0.15) is 13.1 Å². The SMILES string of the molecule is CCCN(c1cccc(N)c1)S(=O)(=O)NCCOC. The van der Waals surface area contributed by atoms with E-state index in [-0.39, 0.29) is 6.54 Å². The number of anilines is 2. The summed E-state index contributed by atoms with van der Waals surface area (Å²) in [6.07, 6.45) is 0.708. The molecule has 0 heterocycles. The van der Waals surface area contributed by atoms with E-state index in [1.165, 1.54) is 11.4 Å². The predicted molar refractivity (Wildman–Crippen MR) is 77.3 cm³/mol. The highest BCUT2D eigenvalue weighted by atomic mass is 32.2. The summed E-state index contributed by atoms with van der Waals surface area (Å²) >= 11 is 0. The van der Waals surface area contributed by atoms with Gasteiger partial charge in [0.15, 0.2) is 0 Å². The first kappa shape index (κ1) is 15.7. The Hall–Kier alpha value is -1.31. The molecule has 0 radical (unpaired) electrons. The lowest BCUT2D eigenvalue weighted by Crippen LogP contribution is -2.42. The van der Waals surface area contributed by atoms with Crippen LogP contribution in [0.1, 0.15) is 13.3 Å². The summed E-state index contributed by atoms with van der Waals surface area (Å²) in [5, 5.41) is 0. The maximum atomic E-state index is 12.2. The Balaban J connectivity index is 2.93. The quantitative estimate of drug-likeness (QED) is 0.551. The van der Waals surface area contributed by atoms with Gasteiger partial charge < -0.3 is 10.5 Å². The number of nitrogen functional groups attached to an aromatic ring is 1. The molecule has 0 atom stereocenters. The van der Waals surface area contributed by atoms with Gasteiger partial charge in [0.25, 0.3) is 0 Å². The molecule has 0 bridgehead atoms. The van der Waals surface area contributed by atoms with Gasteiger partial charge >= 0.3 is 10.2 Å². The molecule has 1 rings (SSSR count). The lowest BCUT2D eigenvalue weighted by molar-refractivity contribution is 0.204. The van der Waals surface area contributed by atoms with Crippen molar-refractivity contribution in [3.8, 4) is 0 Å². The molecule has 6 nitrogen and oxygen atoms in total. The number of benzene rings is 1. The molecule has 19 heavy (non-hydrogen) atoms. The van der Waals surface area contributed by atoms with Crippen molar-refractivity contribution in [2.24, 2.45) is 0 Å². The van der Waals surface area contributed by atoms with E-state index < -0.39 is 10.2 Å². The van der Waals surface area contributed by atoms with Crippen LogP contribution < -0.4 is 14.8 Å². The molecule has 7 heteroatoms. The van der Waals surface area contributed by atoms with Gasteiger partial charge in [-0.05, 0) is 24.6 Å². The number of methoxy groups -OCH3 is 1. The molecule has 3 N–H and O–H groups in total. The van der Waals surface area contributed by atoms with E-state index in [4.69, 9.17) is 10.5 Å². The van der Waals surface area contributed by atoms with Crippen LogP contribution in [-0.4, -0.2) is 35.2 Å². The third kappa shape index (κ3) is 4.70. The lowest BCUT2D eigenvalue weighted by atomic mass is 10.3. The van der Waals surface area contributed by atoms with Crippen molar-refractivity contribution in [1.82, 2.24) is 4.72 Å². The van der Waals surface area contributed by atoms with E-state index in [1.807, 2.05) is 6.92 Å². The normalized spacial score (nSPS) is 11.5. The average Bonchev–Trinajstić information content (AvgIpc) is 2.36. The molecule has 0 aromatic heterocycles. The smallest absolute Gasteiger partial charge is 0.301 e. The molecule has 0 spiro atoms. The Bertz CT molecular complexity index is 491. The maximum absolute atomic E-state index is 12.2. The Morgan fingerprint density at radius 1 is 1.42 bits per heavy atom. The lowest BCUT2D eigenvalue weighted by Gasteiger charge is -2.24. The Kier molecular flexibility index (Phi) is 6.07. The van der Waals surface area contributed by atoms with Gasteiger partial charge in [-0.25, -0.2) is 0 Å². The first-order valence-corrected chi connectivity index (χ1v) is 7.57. The Labute approximate surface area is 114 Å². The molecule has 108 valence electrons. The highest BCUT2D eigenvalue weighted by molar-refractivity contribution is 7.90. The molecule has 0 fully saturated rings. The Morgan fingerprint density at radius 3 is 2.74 bits per heavy atom. The van der Waals surface area contributed by atoms with Crippen molar-refractivity contribution in [1.29, 1.82) is 0 Å². The summed E-state index contributed by atoms with van der Waals surface area (Å²) in [6, 6.07) is 6.82. The molecular weight excluding hydrogens is 266 g/mol. The van der Waals surface area contributed by atoms with Gasteiger partial charge in [-0.1, -0.05) is 13.0 Å². The number of hydrogen-bond acceptors (Lipinski definition) is 4. The van der Waals surface area contributed by atoms with Gasteiger partial charge in [0.2, 0.25) is 0 Å². The van der Waals surface area contributed by atoms with Gasteiger partial charge in [0, 0.05) is 25.9 Å². The summed E-state index contributed by atoms with van der Waals surface area (Å²) < 4.78 is 33.1. The van der Waals surface area contributed by atoms with Crippen molar-refractivity contribution in [2.75, 3.05) is 36.8 Å². The van der Waals surface area contributed by atoms with Gasteiger partial charge in [0.1, 0.15) is 0 Å². The molecule has 1 aromatic rings. The zero-order chi connectivity index (χ0) is 14.3. The van der Waals surface area contributed by atoms with Crippen LogP contribution in [0, 0.1) is 0 Å². The maximum Gasteiger partial charge on any atom is 0.301 e. The molecule has 0 amide bonds. The number of rotatable bonds is 8. The van der Waals surface area contributed by atoms with E-state index >= 15 is 0 Å². The molecular formula is C12H21N3O3S. The Morgan fingerprint density at radius 2 is 2.16 bits per heavy atom. The van der Waals surface area contributed by atoms with Crippen molar-refractivity contribution < 1.29 is 13.2 Å². The predicted octanol–water partition coefficient (Wildman–Crippen LogP) is 0.966. The third-order valence-corrected chi connectivity index (χ3v) is 4.01. The van der Waals surface area contributed by atoms with Crippen molar-refractivity contribution in [2.45, 2.75) is 13.3 Å². The summed E-state index contributed by atoms with van der Waals surface area (Å²) in [5.74, 6) is 0. The second-order valence-electron chi connectivity index (χ2n) is 4.06. The standard InChI is InChI=1S/C12H21N3O3S/c1-3-8-15(12-6-4-5-11(13)10-12)19(16,17)14-7-9-18-2/h4-6,10,14H,3,7-9,13H2,1-2H3. The summed E-state index contributed by atoms with van der Waals surface area (Å²) in [4.78, 5) is 0. The molecule has 0 aliphatic carbocycles. The van der Waals surface area contributed by atoms with Crippen molar-refractivity contribution in [3.05, 3.63) is 24.3 Å². The molecule has 0 unspecified atom stereocenters. The van der Waals surface area contributed by atoms with E-state index in [1.54, 1.807) is 24.3 Å². The average molecular weight is 287 g/mol. The summed E-state index contributed by atoms with van der Waals surface area (Å²) in [6.45, 7) is 2.88. The third-order valence-electron chi connectivity index (χ3n) is 2.47. The van der Waals surface area contributed by atoms with Crippen LogP contribution in [-0.2, 0) is 14.9 Å². The fourth-order valence-electron chi connectivity index (χ4n) is 1.62. The number of nitrogens with zero attached hydrogens (tertiary/aromatic N) is 1. The minimum Gasteiger partial charge on any atom is -0.399 e. The van der Waals surface area contributed by atoms with Gasteiger partial charge in [0.05, 0.1) is 12.3 Å². The van der Waals surface area contributed by atoms with E-state index in [9.17, 15) is 8.42 Å². The van der Waals surface area contributed by atoms with Crippen LogP contribution in [0.15, 0.2) is 24.3 Å². The number of hydrogen-bond donors (Lipinski definition) is 2. The van der Waals surface area contributed by atoms with Crippen LogP contribution in [0.25, 0.3) is 0 Å². The first-order valence-electron chi connectivity index (χ1n) is 6.13. The minimum absolute atomic E-state index is 0.237. The topological polar surface area (TPSA) is 84.7 Å². The minimum atomic E-state index is -3.58. The van der Waals surface area contributed by atoms with Crippen molar-refractivity contribution in [3.63, 3.8) is 0 Å². The molecule has 0 aliphatic heterocycles.